The van der Waals surface area contributed by atoms with Crippen molar-refractivity contribution < 1.29 is 33.8 Å². The summed E-state index contributed by atoms with van der Waals surface area (Å²) in [4.78, 5) is 65.0. The Kier molecular flexibility index (Phi) is 20.9. The van der Waals surface area contributed by atoms with E-state index in [0.717, 1.165) is 19.3 Å². The van der Waals surface area contributed by atoms with Gasteiger partial charge in [-0.1, -0.05) is 61.3 Å². The summed E-state index contributed by atoms with van der Waals surface area (Å²) in [5.41, 5.74) is -0.748. The van der Waals surface area contributed by atoms with Gasteiger partial charge in [-0.05, 0) is 69.8 Å². The molecule has 6 N–H and O–H groups in total. The molecule has 0 saturated carbocycles. The lowest BCUT2D eigenvalue weighted by atomic mass is 9.96. The average molecular weight is 674 g/mol. The molecule has 5 unspecified atom stereocenters. The van der Waals surface area contributed by atoms with Crippen LogP contribution in [0.4, 0.5) is 4.79 Å². The number of amides is 5. The number of aliphatic hydroxyl groups is 1. The Morgan fingerprint density at radius 1 is 0.804 bits per heavy atom. The summed E-state index contributed by atoms with van der Waals surface area (Å²) in [7, 11) is 0. The third-order valence-corrected chi connectivity index (χ3v) is 7.77. The maximum Gasteiger partial charge on any atom is 0.408 e. The number of alkyl carbamates (subject to hydrolysis) is 1. The predicted octanol–water partition coefficient (Wildman–Crippen LogP) is 3.50. The molecule has 0 aromatic rings. The highest BCUT2D eigenvalue weighted by Crippen LogP contribution is 2.14. The van der Waals surface area contributed by atoms with Gasteiger partial charge in [0, 0.05) is 6.54 Å². The van der Waals surface area contributed by atoms with Crippen LogP contribution in [0.25, 0.3) is 0 Å². The first-order valence-corrected chi connectivity index (χ1v) is 18.1. The molecule has 0 aliphatic carbocycles. The number of carbonyl (C=O) groups excluding carboxylic acids is 5. The average Bonchev–Trinajstić information content (AvgIpc) is 2.92. The van der Waals surface area contributed by atoms with Crippen molar-refractivity contribution in [1.82, 2.24) is 26.6 Å². The highest BCUT2D eigenvalue weighted by atomic mass is 32.2. The summed E-state index contributed by atoms with van der Waals surface area (Å²) in [6.45, 7) is 18.9. The molecule has 0 heterocycles. The first kappa shape index (κ1) is 43.5. The summed E-state index contributed by atoms with van der Waals surface area (Å²) in [5, 5.41) is 25.0. The lowest BCUT2D eigenvalue weighted by molar-refractivity contribution is -0.133. The van der Waals surface area contributed by atoms with Crippen LogP contribution in [0.2, 0.25) is 0 Å². The number of hydrogen-bond acceptors (Lipinski definition) is 8. The van der Waals surface area contributed by atoms with E-state index in [1.807, 2.05) is 34.0 Å². The number of aliphatic hydroxyl groups excluding tert-OH is 1. The van der Waals surface area contributed by atoms with Gasteiger partial charge in [0.15, 0.2) is 0 Å². The van der Waals surface area contributed by atoms with Gasteiger partial charge in [-0.15, -0.1) is 0 Å². The van der Waals surface area contributed by atoms with E-state index < -0.39 is 59.7 Å². The molecule has 0 radical (unpaired) electrons. The molecule has 0 rings (SSSR count). The Bertz CT molecular complexity index is 955. The number of nitrogens with one attached hydrogen (secondary N) is 5. The van der Waals surface area contributed by atoms with E-state index in [2.05, 4.69) is 33.5 Å². The second kappa shape index (κ2) is 22.1. The van der Waals surface area contributed by atoms with Crippen molar-refractivity contribution >= 4 is 41.5 Å². The van der Waals surface area contributed by atoms with Gasteiger partial charge in [0.25, 0.3) is 0 Å². The van der Waals surface area contributed by atoms with E-state index in [0.29, 0.717) is 25.1 Å². The molecule has 0 fully saturated rings. The summed E-state index contributed by atoms with van der Waals surface area (Å²) < 4.78 is 5.31. The summed E-state index contributed by atoms with van der Waals surface area (Å²) in [6.07, 6.45) is 3.16. The van der Waals surface area contributed by atoms with E-state index in [1.54, 1.807) is 34.6 Å². The zero-order chi connectivity index (χ0) is 35.6. The summed E-state index contributed by atoms with van der Waals surface area (Å²) in [6, 6.07) is -3.43. The van der Waals surface area contributed by atoms with Crippen molar-refractivity contribution in [2.24, 2.45) is 17.8 Å². The van der Waals surface area contributed by atoms with Crippen molar-refractivity contribution in [1.29, 1.82) is 0 Å². The van der Waals surface area contributed by atoms with Gasteiger partial charge in [0.1, 0.15) is 23.7 Å². The first-order chi connectivity index (χ1) is 21.3. The minimum absolute atomic E-state index is 0.0721. The first-order valence-electron chi connectivity index (χ1n) is 16.7. The van der Waals surface area contributed by atoms with E-state index in [4.69, 9.17) is 4.74 Å². The van der Waals surface area contributed by atoms with Crippen molar-refractivity contribution in [3.63, 3.8) is 0 Å². The standard InChI is InChI=1S/C33H63N5O7S/c1-12-13-14-16-34-30(42)27(21(4)5)37-26(40)19-25(39)24(18-20(2)3)36-29(41)23(15-17-46-11)35-31(43)28(22(6)7)38-32(44)45-33(8,9)10/h20-25,27-28,39H,12-19H2,1-11H3,(H,34,42)(H,35,43)(H,36,41)(H,37,40)(H,38,44). The van der Waals surface area contributed by atoms with Crippen molar-refractivity contribution in [2.45, 2.75) is 144 Å². The maximum atomic E-state index is 13.6. The van der Waals surface area contributed by atoms with Crippen LogP contribution in [-0.4, -0.2) is 89.3 Å². The SMILES string of the molecule is CCCCCNC(=O)C(NC(=O)CC(O)C(CC(C)C)NC(=O)C(CCSC)NC(=O)C(NC(=O)OC(C)(C)C)C(C)C)C(C)C. The Labute approximate surface area is 281 Å². The topological polar surface area (TPSA) is 175 Å². The minimum Gasteiger partial charge on any atom is -0.444 e. The Morgan fingerprint density at radius 2 is 1.39 bits per heavy atom. The van der Waals surface area contributed by atoms with Crippen molar-refractivity contribution in [3.8, 4) is 0 Å². The van der Waals surface area contributed by atoms with Crippen LogP contribution in [0.5, 0.6) is 0 Å². The largest absolute Gasteiger partial charge is 0.444 e. The summed E-state index contributed by atoms with van der Waals surface area (Å²) in [5.74, 6) is -1.62. The van der Waals surface area contributed by atoms with Crippen LogP contribution in [0.3, 0.4) is 0 Å². The normalized spacial score (nSPS) is 15.0. The van der Waals surface area contributed by atoms with Crippen molar-refractivity contribution in [2.75, 3.05) is 18.6 Å². The highest BCUT2D eigenvalue weighted by molar-refractivity contribution is 7.98. The molecule has 46 heavy (non-hydrogen) atoms. The molecule has 0 aromatic heterocycles. The third kappa shape index (κ3) is 18.6. The highest BCUT2D eigenvalue weighted by Gasteiger charge is 2.33. The monoisotopic (exact) mass is 673 g/mol. The number of unbranched alkanes of at least 4 members (excludes halogenated alkanes) is 2. The predicted molar refractivity (Wildman–Crippen MR) is 184 cm³/mol. The van der Waals surface area contributed by atoms with Crippen LogP contribution in [0.1, 0.15) is 108 Å². The van der Waals surface area contributed by atoms with Gasteiger partial charge in [0.2, 0.25) is 23.6 Å². The molecule has 0 aliphatic heterocycles. The quantitative estimate of drug-likeness (QED) is 0.100. The molecule has 0 aliphatic rings. The van der Waals surface area contributed by atoms with Crippen LogP contribution in [0.15, 0.2) is 0 Å². The van der Waals surface area contributed by atoms with Crippen LogP contribution in [0, 0.1) is 17.8 Å². The second-order valence-corrected chi connectivity index (χ2v) is 15.0. The van der Waals surface area contributed by atoms with E-state index in [-0.39, 0.29) is 30.1 Å². The fourth-order valence-electron chi connectivity index (χ4n) is 4.63. The molecule has 0 aromatic carbocycles. The van der Waals surface area contributed by atoms with Crippen LogP contribution >= 0.6 is 11.8 Å². The van der Waals surface area contributed by atoms with E-state index in [1.165, 1.54) is 11.8 Å². The number of ether oxygens (including phenoxy) is 1. The number of rotatable bonds is 21. The second-order valence-electron chi connectivity index (χ2n) is 14.0. The lowest BCUT2D eigenvalue weighted by Gasteiger charge is -2.30. The lowest BCUT2D eigenvalue weighted by Crippen LogP contribution is -2.58. The van der Waals surface area contributed by atoms with Crippen molar-refractivity contribution in [3.05, 3.63) is 0 Å². The van der Waals surface area contributed by atoms with E-state index in [9.17, 15) is 29.1 Å². The van der Waals surface area contributed by atoms with Gasteiger partial charge in [-0.3, -0.25) is 19.2 Å². The van der Waals surface area contributed by atoms with Gasteiger partial charge < -0.3 is 36.4 Å². The fraction of sp³-hybridized carbons (Fsp3) is 0.848. The number of thioether (sulfide) groups is 1. The molecule has 5 atom stereocenters. The summed E-state index contributed by atoms with van der Waals surface area (Å²) >= 11 is 1.51. The molecule has 12 nitrogen and oxygen atoms in total. The Morgan fingerprint density at radius 3 is 1.89 bits per heavy atom. The van der Waals surface area contributed by atoms with Crippen LogP contribution < -0.4 is 26.6 Å². The molecule has 0 spiro atoms. The smallest absolute Gasteiger partial charge is 0.408 e. The molecule has 5 amide bonds. The molecular formula is C33H63N5O7S. The minimum atomic E-state index is -1.24. The zero-order valence-corrected chi connectivity index (χ0v) is 30.9. The van der Waals surface area contributed by atoms with Gasteiger partial charge in [-0.2, -0.15) is 11.8 Å². The number of carbonyl (C=O) groups is 5. The molecule has 268 valence electrons. The zero-order valence-electron chi connectivity index (χ0n) is 30.1. The van der Waals surface area contributed by atoms with Gasteiger partial charge in [0.05, 0.1) is 18.6 Å². The van der Waals surface area contributed by atoms with Gasteiger partial charge in [-0.25, -0.2) is 4.79 Å². The Balaban J connectivity index is 5.68. The van der Waals surface area contributed by atoms with Crippen LogP contribution in [-0.2, 0) is 23.9 Å². The molecule has 0 saturated heterocycles. The maximum absolute atomic E-state index is 13.6. The molecule has 13 heteroatoms. The number of hydrogen-bond donors (Lipinski definition) is 6. The third-order valence-electron chi connectivity index (χ3n) is 7.12. The van der Waals surface area contributed by atoms with Gasteiger partial charge >= 0.3 is 6.09 Å². The fourth-order valence-corrected chi connectivity index (χ4v) is 5.11. The molecule has 0 bridgehead atoms. The van der Waals surface area contributed by atoms with E-state index >= 15 is 0 Å². The molecular weight excluding hydrogens is 610 g/mol. The Hall–Kier alpha value is -2.54.